The van der Waals surface area contributed by atoms with Gasteiger partial charge in [0.05, 0.1) is 0 Å². The maximum Gasteiger partial charge on any atom is 0.162 e. The zero-order valence-electron chi connectivity index (χ0n) is 9.02. The van der Waals surface area contributed by atoms with Crippen molar-refractivity contribution in [3.8, 4) is 11.5 Å². The minimum atomic E-state index is 0.368. The number of hydrogen-bond donors (Lipinski definition) is 0. The lowest BCUT2D eigenvalue weighted by atomic mass is 10.2. The minimum Gasteiger partial charge on any atom is -0.486 e. The van der Waals surface area contributed by atoms with Gasteiger partial charge in [-0.1, -0.05) is 25.3 Å². The number of carbonyl (C=O) groups excluding carboxylic acids is 1. The molecule has 3 heteroatoms. The van der Waals surface area contributed by atoms with Gasteiger partial charge in [-0.25, -0.2) is 0 Å². The number of rotatable bonds is 7. The Balaban J connectivity index is 2.90. The number of aldehydes is 1. The highest BCUT2D eigenvalue weighted by Gasteiger charge is 2.05. The van der Waals surface area contributed by atoms with E-state index in [0.717, 1.165) is 6.29 Å². The topological polar surface area (TPSA) is 35.5 Å². The number of benzene rings is 1. The molecule has 3 nitrogen and oxygen atoms in total. The van der Waals surface area contributed by atoms with Crippen LogP contribution in [0.15, 0.2) is 43.5 Å². The van der Waals surface area contributed by atoms with Crippen molar-refractivity contribution in [2.75, 3.05) is 13.2 Å². The summed E-state index contributed by atoms with van der Waals surface area (Å²) in [6.45, 7) is 7.88. The third kappa shape index (κ3) is 3.28. The molecule has 0 aromatic heterocycles. The largest absolute Gasteiger partial charge is 0.486 e. The molecule has 0 aliphatic carbocycles. The van der Waals surface area contributed by atoms with Crippen LogP contribution < -0.4 is 9.47 Å². The van der Waals surface area contributed by atoms with Gasteiger partial charge >= 0.3 is 0 Å². The van der Waals surface area contributed by atoms with Gasteiger partial charge in [0.1, 0.15) is 19.5 Å². The zero-order valence-corrected chi connectivity index (χ0v) is 9.02. The van der Waals surface area contributed by atoms with Crippen LogP contribution in [0.5, 0.6) is 11.5 Å². The molecule has 84 valence electrons. The second kappa shape index (κ2) is 6.45. The smallest absolute Gasteiger partial charge is 0.162 e. The predicted molar refractivity (Wildman–Crippen MR) is 63.2 cm³/mol. The van der Waals surface area contributed by atoms with Gasteiger partial charge in [0, 0.05) is 5.56 Å². The molecule has 0 radical (unpaired) electrons. The molecule has 0 saturated heterocycles. The van der Waals surface area contributed by atoms with Crippen LogP contribution in [0.1, 0.15) is 10.4 Å². The van der Waals surface area contributed by atoms with Crippen molar-refractivity contribution in [1.82, 2.24) is 0 Å². The summed E-state index contributed by atoms with van der Waals surface area (Å²) in [4.78, 5) is 10.6. The molecule has 16 heavy (non-hydrogen) atoms. The average molecular weight is 218 g/mol. The molecule has 0 amide bonds. The molecule has 1 aromatic carbocycles. The van der Waals surface area contributed by atoms with Crippen LogP contribution in [-0.4, -0.2) is 19.5 Å². The SMILES string of the molecule is C=CCOc1ccc(C=O)cc1OCC=C. The summed E-state index contributed by atoms with van der Waals surface area (Å²) < 4.78 is 10.8. The molecule has 0 unspecified atom stereocenters. The lowest BCUT2D eigenvalue weighted by molar-refractivity contribution is 0.112. The molecular weight excluding hydrogens is 204 g/mol. The van der Waals surface area contributed by atoms with Crippen LogP contribution in [-0.2, 0) is 0 Å². The molecule has 0 heterocycles. The Hall–Kier alpha value is -2.03. The molecule has 0 saturated carbocycles. The maximum atomic E-state index is 10.6. The quantitative estimate of drug-likeness (QED) is 0.521. The van der Waals surface area contributed by atoms with Crippen molar-refractivity contribution < 1.29 is 14.3 Å². The summed E-state index contributed by atoms with van der Waals surface area (Å²) in [6, 6.07) is 5.01. The van der Waals surface area contributed by atoms with Crippen molar-refractivity contribution in [2.45, 2.75) is 0 Å². The molecule has 1 aromatic rings. The first-order chi connectivity index (χ1) is 7.81. The Kier molecular flexibility index (Phi) is 4.86. The molecule has 0 aliphatic rings. The molecular formula is C13H14O3. The fourth-order valence-corrected chi connectivity index (χ4v) is 1.13. The molecule has 0 bridgehead atoms. The summed E-state index contributed by atoms with van der Waals surface area (Å²) in [5.41, 5.74) is 0.546. The summed E-state index contributed by atoms with van der Waals surface area (Å²) in [7, 11) is 0. The van der Waals surface area contributed by atoms with E-state index >= 15 is 0 Å². The van der Waals surface area contributed by atoms with E-state index in [4.69, 9.17) is 9.47 Å². The lowest BCUT2D eigenvalue weighted by Gasteiger charge is -2.10. The minimum absolute atomic E-state index is 0.368. The first-order valence-electron chi connectivity index (χ1n) is 4.88. The third-order valence-corrected chi connectivity index (χ3v) is 1.82. The van der Waals surface area contributed by atoms with E-state index in [9.17, 15) is 4.79 Å². The second-order valence-electron chi connectivity index (χ2n) is 3.02. The predicted octanol–water partition coefficient (Wildman–Crippen LogP) is 2.63. The first-order valence-corrected chi connectivity index (χ1v) is 4.88. The highest BCUT2D eigenvalue weighted by molar-refractivity contribution is 5.76. The highest BCUT2D eigenvalue weighted by atomic mass is 16.5. The van der Waals surface area contributed by atoms with E-state index < -0.39 is 0 Å². The average Bonchev–Trinajstić information content (AvgIpc) is 2.34. The summed E-state index contributed by atoms with van der Waals surface area (Å²) in [6.07, 6.45) is 4.04. The molecule has 0 spiro atoms. The fourth-order valence-electron chi connectivity index (χ4n) is 1.13. The number of ether oxygens (including phenoxy) is 2. The van der Waals surface area contributed by atoms with Gasteiger partial charge in [0.15, 0.2) is 11.5 Å². The normalized spacial score (nSPS) is 9.25. The van der Waals surface area contributed by atoms with Crippen molar-refractivity contribution in [3.63, 3.8) is 0 Å². The van der Waals surface area contributed by atoms with Crippen molar-refractivity contribution in [2.24, 2.45) is 0 Å². The third-order valence-electron chi connectivity index (χ3n) is 1.82. The van der Waals surface area contributed by atoms with Gasteiger partial charge < -0.3 is 9.47 Å². The van der Waals surface area contributed by atoms with E-state index in [-0.39, 0.29) is 0 Å². The Morgan fingerprint density at radius 2 is 1.69 bits per heavy atom. The number of carbonyl (C=O) groups is 1. The Morgan fingerprint density at radius 3 is 2.25 bits per heavy atom. The monoisotopic (exact) mass is 218 g/mol. The van der Waals surface area contributed by atoms with Gasteiger partial charge in [0.25, 0.3) is 0 Å². The molecule has 1 rings (SSSR count). The van der Waals surface area contributed by atoms with Crippen molar-refractivity contribution in [1.29, 1.82) is 0 Å². The Bertz CT molecular complexity index is 383. The van der Waals surface area contributed by atoms with E-state index in [1.54, 1.807) is 30.4 Å². The van der Waals surface area contributed by atoms with Crippen molar-refractivity contribution in [3.05, 3.63) is 49.1 Å². The zero-order chi connectivity index (χ0) is 11.8. The van der Waals surface area contributed by atoms with Crippen LogP contribution in [0.2, 0.25) is 0 Å². The van der Waals surface area contributed by atoms with Crippen LogP contribution in [0.3, 0.4) is 0 Å². The highest BCUT2D eigenvalue weighted by Crippen LogP contribution is 2.28. The van der Waals surface area contributed by atoms with Gasteiger partial charge in [-0.05, 0) is 18.2 Å². The van der Waals surface area contributed by atoms with E-state index in [1.807, 2.05) is 0 Å². The molecule has 0 fully saturated rings. The molecule has 0 atom stereocenters. The molecule has 0 aliphatic heterocycles. The van der Waals surface area contributed by atoms with Gasteiger partial charge in [-0.3, -0.25) is 4.79 Å². The number of hydrogen-bond acceptors (Lipinski definition) is 3. The Labute approximate surface area is 95.0 Å². The van der Waals surface area contributed by atoms with Gasteiger partial charge in [-0.2, -0.15) is 0 Å². The van der Waals surface area contributed by atoms with Crippen LogP contribution in [0.25, 0.3) is 0 Å². The van der Waals surface area contributed by atoms with Gasteiger partial charge in [-0.15, -0.1) is 0 Å². The first kappa shape index (κ1) is 12.0. The van der Waals surface area contributed by atoms with Crippen LogP contribution in [0, 0.1) is 0 Å². The standard InChI is InChI=1S/C13H14O3/c1-3-7-15-12-6-5-11(10-14)9-13(12)16-8-4-2/h3-6,9-10H,1-2,7-8H2. The Morgan fingerprint density at radius 1 is 1.06 bits per heavy atom. The molecule has 0 N–H and O–H groups in total. The summed E-state index contributed by atoms with van der Waals surface area (Å²) >= 11 is 0. The van der Waals surface area contributed by atoms with E-state index in [0.29, 0.717) is 30.3 Å². The second-order valence-corrected chi connectivity index (χ2v) is 3.02. The van der Waals surface area contributed by atoms with Gasteiger partial charge in [0.2, 0.25) is 0 Å². The van der Waals surface area contributed by atoms with Crippen LogP contribution >= 0.6 is 0 Å². The van der Waals surface area contributed by atoms with E-state index in [1.165, 1.54) is 0 Å². The maximum absolute atomic E-state index is 10.6. The van der Waals surface area contributed by atoms with Crippen LogP contribution in [0.4, 0.5) is 0 Å². The summed E-state index contributed by atoms with van der Waals surface area (Å²) in [5.74, 6) is 1.12. The van der Waals surface area contributed by atoms with E-state index in [2.05, 4.69) is 13.2 Å². The van der Waals surface area contributed by atoms with Crippen molar-refractivity contribution >= 4 is 6.29 Å². The fraction of sp³-hybridized carbons (Fsp3) is 0.154. The lowest BCUT2D eigenvalue weighted by Crippen LogP contribution is -2.00. The summed E-state index contributed by atoms with van der Waals surface area (Å²) in [5, 5.41) is 0.